The van der Waals surface area contributed by atoms with E-state index in [4.69, 9.17) is 16.3 Å². The molecule has 0 fully saturated rings. The predicted octanol–water partition coefficient (Wildman–Crippen LogP) is 4.72. The highest BCUT2D eigenvalue weighted by Gasteiger charge is 2.18. The fourth-order valence-corrected chi connectivity index (χ4v) is 2.35. The van der Waals surface area contributed by atoms with E-state index in [2.05, 4.69) is 32.9 Å². The van der Waals surface area contributed by atoms with E-state index in [1.165, 1.54) is 5.56 Å². The minimum absolute atomic E-state index is 0.0737. The fraction of sp³-hybridized carbons (Fsp3) is 0.571. The van der Waals surface area contributed by atoms with Crippen LogP contribution in [0.15, 0.2) is 18.2 Å². The molecule has 0 saturated heterocycles. The number of hydrogen-bond acceptors (Lipinski definition) is 1. The van der Waals surface area contributed by atoms with Crippen LogP contribution in [-0.2, 0) is 0 Å². The number of hydrogen-bond donors (Lipinski definition) is 0. The van der Waals surface area contributed by atoms with E-state index < -0.39 is 0 Å². The van der Waals surface area contributed by atoms with Crippen molar-refractivity contribution in [3.05, 3.63) is 29.3 Å². The first-order valence-electron chi connectivity index (χ1n) is 5.62. The molecule has 0 heterocycles. The Labute approximate surface area is 104 Å². The predicted molar refractivity (Wildman–Crippen MR) is 70.4 cm³/mol. The number of ether oxygens (including phenoxy) is 1. The van der Waals surface area contributed by atoms with Gasteiger partial charge in [-0.2, -0.15) is 0 Å². The first-order valence-corrected chi connectivity index (χ1v) is 6.06. The highest BCUT2D eigenvalue weighted by molar-refractivity contribution is 6.20. The Morgan fingerprint density at radius 2 is 1.94 bits per heavy atom. The standard InChI is InChI=1S/C14H21ClO/c1-10-8-11(6-7-13(10)16-5)12(15)9-14(2,3)4/h6-8,12H,9H2,1-5H3. The summed E-state index contributed by atoms with van der Waals surface area (Å²) in [6.07, 6.45) is 0.973. The van der Waals surface area contributed by atoms with E-state index in [-0.39, 0.29) is 10.8 Å². The van der Waals surface area contributed by atoms with Gasteiger partial charge in [-0.05, 0) is 36.0 Å². The summed E-state index contributed by atoms with van der Waals surface area (Å²) < 4.78 is 5.24. The largest absolute Gasteiger partial charge is 0.496 e. The van der Waals surface area contributed by atoms with E-state index in [1.54, 1.807) is 7.11 Å². The molecule has 1 atom stereocenters. The van der Waals surface area contributed by atoms with E-state index in [1.807, 2.05) is 13.0 Å². The molecule has 0 aliphatic heterocycles. The Kier molecular flexibility index (Phi) is 4.26. The molecule has 90 valence electrons. The van der Waals surface area contributed by atoms with Crippen LogP contribution in [0.2, 0.25) is 0 Å². The molecule has 16 heavy (non-hydrogen) atoms. The van der Waals surface area contributed by atoms with Crippen molar-refractivity contribution in [2.45, 2.75) is 39.5 Å². The van der Waals surface area contributed by atoms with Crippen LogP contribution >= 0.6 is 11.6 Å². The second-order valence-electron chi connectivity index (χ2n) is 5.46. The van der Waals surface area contributed by atoms with Crippen LogP contribution in [0.1, 0.15) is 43.7 Å². The molecule has 1 aromatic carbocycles. The SMILES string of the molecule is COc1ccc(C(Cl)CC(C)(C)C)cc1C. The zero-order valence-corrected chi connectivity index (χ0v) is 11.6. The molecule has 0 aliphatic rings. The minimum Gasteiger partial charge on any atom is -0.496 e. The number of aryl methyl sites for hydroxylation is 1. The van der Waals surface area contributed by atoms with Crippen molar-refractivity contribution in [2.24, 2.45) is 5.41 Å². The van der Waals surface area contributed by atoms with Gasteiger partial charge in [-0.3, -0.25) is 0 Å². The van der Waals surface area contributed by atoms with Gasteiger partial charge in [0.15, 0.2) is 0 Å². The van der Waals surface area contributed by atoms with Crippen LogP contribution < -0.4 is 4.74 Å². The number of methoxy groups -OCH3 is 1. The lowest BCUT2D eigenvalue weighted by atomic mass is 9.88. The molecule has 0 radical (unpaired) electrons. The lowest BCUT2D eigenvalue weighted by Gasteiger charge is -2.22. The van der Waals surface area contributed by atoms with E-state index in [0.29, 0.717) is 0 Å². The molecular formula is C14H21ClO. The second-order valence-corrected chi connectivity index (χ2v) is 5.99. The Morgan fingerprint density at radius 1 is 1.31 bits per heavy atom. The quantitative estimate of drug-likeness (QED) is 0.695. The number of alkyl halides is 1. The zero-order valence-electron chi connectivity index (χ0n) is 10.8. The van der Waals surface area contributed by atoms with Crippen LogP contribution in [0.5, 0.6) is 5.75 Å². The van der Waals surface area contributed by atoms with E-state index in [9.17, 15) is 0 Å². The maximum atomic E-state index is 6.42. The molecular weight excluding hydrogens is 220 g/mol. The van der Waals surface area contributed by atoms with Crippen LogP contribution in [-0.4, -0.2) is 7.11 Å². The minimum atomic E-state index is 0.0737. The second kappa shape index (κ2) is 5.09. The van der Waals surface area contributed by atoms with Crippen molar-refractivity contribution in [3.8, 4) is 5.75 Å². The Bertz CT molecular complexity index is 352. The zero-order chi connectivity index (χ0) is 12.3. The molecule has 0 bridgehead atoms. The first kappa shape index (κ1) is 13.4. The molecule has 1 nitrogen and oxygen atoms in total. The van der Waals surface area contributed by atoms with Gasteiger partial charge in [0.1, 0.15) is 5.75 Å². The fourth-order valence-electron chi connectivity index (χ4n) is 1.75. The maximum Gasteiger partial charge on any atom is 0.121 e. The summed E-state index contributed by atoms with van der Waals surface area (Å²) >= 11 is 6.42. The number of benzene rings is 1. The topological polar surface area (TPSA) is 9.23 Å². The summed E-state index contributed by atoms with van der Waals surface area (Å²) in [6.45, 7) is 8.67. The molecule has 0 saturated carbocycles. The molecule has 0 aliphatic carbocycles. The van der Waals surface area contributed by atoms with Crippen LogP contribution in [0, 0.1) is 12.3 Å². The van der Waals surface area contributed by atoms with Gasteiger partial charge in [-0.15, -0.1) is 11.6 Å². The summed E-state index contributed by atoms with van der Waals surface area (Å²) in [6, 6.07) is 6.15. The van der Waals surface area contributed by atoms with Gasteiger partial charge in [0.25, 0.3) is 0 Å². The smallest absolute Gasteiger partial charge is 0.121 e. The van der Waals surface area contributed by atoms with Crippen molar-refractivity contribution in [3.63, 3.8) is 0 Å². The third-order valence-electron chi connectivity index (χ3n) is 2.57. The first-order chi connectivity index (χ1) is 7.33. The molecule has 0 N–H and O–H groups in total. The Balaban J connectivity index is 2.85. The van der Waals surface area contributed by atoms with Gasteiger partial charge in [0.05, 0.1) is 12.5 Å². The maximum absolute atomic E-state index is 6.42. The summed E-state index contributed by atoms with van der Waals surface area (Å²) in [5.74, 6) is 0.920. The lowest BCUT2D eigenvalue weighted by molar-refractivity contribution is 0.372. The third kappa shape index (κ3) is 3.71. The number of halogens is 1. The van der Waals surface area contributed by atoms with Crippen molar-refractivity contribution in [1.82, 2.24) is 0 Å². The van der Waals surface area contributed by atoms with Crippen LogP contribution in [0.3, 0.4) is 0 Å². The van der Waals surface area contributed by atoms with Crippen molar-refractivity contribution >= 4 is 11.6 Å². The van der Waals surface area contributed by atoms with Gasteiger partial charge < -0.3 is 4.74 Å². The molecule has 1 rings (SSSR count). The molecule has 0 aromatic heterocycles. The highest BCUT2D eigenvalue weighted by Crippen LogP contribution is 2.35. The van der Waals surface area contributed by atoms with Gasteiger partial charge in [-0.1, -0.05) is 32.9 Å². The summed E-state index contributed by atoms with van der Waals surface area (Å²) in [4.78, 5) is 0. The van der Waals surface area contributed by atoms with Crippen molar-refractivity contribution < 1.29 is 4.74 Å². The third-order valence-corrected chi connectivity index (χ3v) is 2.98. The van der Waals surface area contributed by atoms with Gasteiger partial charge in [0.2, 0.25) is 0 Å². The van der Waals surface area contributed by atoms with Crippen LogP contribution in [0.4, 0.5) is 0 Å². The molecule has 1 unspecified atom stereocenters. The van der Waals surface area contributed by atoms with Crippen molar-refractivity contribution in [1.29, 1.82) is 0 Å². The average Bonchev–Trinajstić information content (AvgIpc) is 2.15. The summed E-state index contributed by atoms with van der Waals surface area (Å²) in [5.41, 5.74) is 2.56. The molecule has 2 heteroatoms. The van der Waals surface area contributed by atoms with E-state index in [0.717, 1.165) is 17.7 Å². The Hall–Kier alpha value is -0.690. The van der Waals surface area contributed by atoms with E-state index >= 15 is 0 Å². The van der Waals surface area contributed by atoms with Crippen LogP contribution in [0.25, 0.3) is 0 Å². The molecule has 0 amide bonds. The summed E-state index contributed by atoms with van der Waals surface area (Å²) in [5, 5.41) is 0.0737. The average molecular weight is 241 g/mol. The highest BCUT2D eigenvalue weighted by atomic mass is 35.5. The lowest BCUT2D eigenvalue weighted by Crippen LogP contribution is -2.08. The van der Waals surface area contributed by atoms with Gasteiger partial charge in [-0.25, -0.2) is 0 Å². The van der Waals surface area contributed by atoms with Gasteiger partial charge in [0, 0.05) is 0 Å². The van der Waals surface area contributed by atoms with Gasteiger partial charge >= 0.3 is 0 Å². The molecule has 1 aromatic rings. The summed E-state index contributed by atoms with van der Waals surface area (Å²) in [7, 11) is 1.69. The van der Waals surface area contributed by atoms with Crippen molar-refractivity contribution in [2.75, 3.05) is 7.11 Å². The Morgan fingerprint density at radius 3 is 2.38 bits per heavy atom. The normalized spacial score (nSPS) is 13.6. The molecule has 0 spiro atoms. The number of rotatable bonds is 3. The monoisotopic (exact) mass is 240 g/mol.